The number of carbonyl (C=O) groups excluding carboxylic acids is 1. The van der Waals surface area contributed by atoms with Gasteiger partial charge in [-0.1, -0.05) is 91.9 Å². The van der Waals surface area contributed by atoms with Crippen molar-refractivity contribution in [3.05, 3.63) is 109 Å². The van der Waals surface area contributed by atoms with Gasteiger partial charge in [0.05, 0.1) is 0 Å². The first-order valence-electron chi connectivity index (χ1n) is 10.2. The summed E-state index contributed by atoms with van der Waals surface area (Å²) in [6.45, 7) is 1.80. The molecule has 2 nitrogen and oxygen atoms in total. The molecule has 0 fully saturated rings. The van der Waals surface area contributed by atoms with Crippen LogP contribution in [0.15, 0.2) is 103 Å². The van der Waals surface area contributed by atoms with Gasteiger partial charge in [-0.2, -0.15) is 0 Å². The Morgan fingerprint density at radius 2 is 1.03 bits per heavy atom. The quantitative estimate of drug-likeness (QED) is 0.373. The van der Waals surface area contributed by atoms with E-state index in [2.05, 4.69) is 42.5 Å². The van der Waals surface area contributed by atoms with Crippen molar-refractivity contribution in [2.45, 2.75) is 19.4 Å². The van der Waals surface area contributed by atoms with Crippen molar-refractivity contribution in [2.75, 3.05) is 0 Å². The molecule has 1 N–H and O–H groups in total. The molecule has 0 radical (unpaired) electrons. The van der Waals surface area contributed by atoms with Crippen LogP contribution in [0.4, 0.5) is 0 Å². The maximum Gasteiger partial charge on any atom is 0.191 e. The molecule has 4 rings (SSSR count). The molecule has 0 aromatic heterocycles. The van der Waals surface area contributed by atoms with E-state index in [-0.39, 0.29) is 5.78 Å². The van der Waals surface area contributed by atoms with Crippen LogP contribution in [0.5, 0.6) is 0 Å². The average molecular weight is 392 g/mol. The molecule has 4 aromatic rings. The summed E-state index contributed by atoms with van der Waals surface area (Å²) in [6.07, 6.45) is -0.526. The molecule has 4 aromatic carbocycles. The topological polar surface area (TPSA) is 37.3 Å². The van der Waals surface area contributed by atoms with Crippen LogP contribution in [0.3, 0.4) is 0 Å². The molecule has 148 valence electrons. The van der Waals surface area contributed by atoms with E-state index in [1.54, 1.807) is 19.1 Å². The van der Waals surface area contributed by atoms with Gasteiger partial charge in [-0.15, -0.1) is 0 Å². The zero-order chi connectivity index (χ0) is 20.9. The molecule has 30 heavy (non-hydrogen) atoms. The number of aliphatic hydroxyl groups is 1. The number of aliphatic hydroxyl groups excluding tert-OH is 1. The van der Waals surface area contributed by atoms with Crippen molar-refractivity contribution in [2.24, 2.45) is 0 Å². The van der Waals surface area contributed by atoms with Crippen molar-refractivity contribution in [3.8, 4) is 33.4 Å². The van der Waals surface area contributed by atoms with Crippen LogP contribution in [0, 0.1) is 0 Å². The van der Waals surface area contributed by atoms with E-state index in [1.807, 2.05) is 48.5 Å². The highest BCUT2D eigenvalue weighted by Crippen LogP contribution is 2.33. The van der Waals surface area contributed by atoms with Crippen LogP contribution in [-0.2, 0) is 0 Å². The minimum absolute atomic E-state index is 0.230. The standard InChI is InChI=1S/C28H24O2/c1-2-27(29)28(30)23-15-13-22(14-16-23)26-18-24(20-9-5-3-6-10-20)17-25(19-26)21-11-7-4-8-12-21/h3-19,27,29H,2H2,1H3. The lowest BCUT2D eigenvalue weighted by atomic mass is 9.92. The normalized spacial score (nSPS) is 11.8. The molecule has 0 aliphatic rings. The molecule has 1 atom stereocenters. The maximum absolute atomic E-state index is 12.3. The fourth-order valence-electron chi connectivity index (χ4n) is 3.59. The summed E-state index contributed by atoms with van der Waals surface area (Å²) in [5.41, 5.74) is 7.28. The molecule has 1 unspecified atom stereocenters. The zero-order valence-electron chi connectivity index (χ0n) is 17.0. The van der Waals surface area contributed by atoms with E-state index in [0.717, 1.165) is 33.4 Å². The second-order valence-electron chi connectivity index (χ2n) is 7.40. The molecule has 0 heterocycles. The first kappa shape index (κ1) is 19.8. The Hall–Kier alpha value is -3.49. The van der Waals surface area contributed by atoms with E-state index in [1.165, 1.54) is 0 Å². The van der Waals surface area contributed by atoms with Crippen molar-refractivity contribution in [1.82, 2.24) is 0 Å². The van der Waals surface area contributed by atoms with Gasteiger partial charge < -0.3 is 5.11 Å². The van der Waals surface area contributed by atoms with Crippen LogP contribution < -0.4 is 0 Å². The highest BCUT2D eigenvalue weighted by Gasteiger charge is 2.15. The first-order valence-corrected chi connectivity index (χ1v) is 10.2. The lowest BCUT2D eigenvalue weighted by Crippen LogP contribution is -2.18. The van der Waals surface area contributed by atoms with Crippen molar-refractivity contribution < 1.29 is 9.90 Å². The van der Waals surface area contributed by atoms with Crippen LogP contribution in [-0.4, -0.2) is 17.0 Å². The minimum Gasteiger partial charge on any atom is -0.385 e. The number of carbonyl (C=O) groups is 1. The smallest absolute Gasteiger partial charge is 0.191 e. The summed E-state index contributed by atoms with van der Waals surface area (Å²) in [5, 5.41) is 9.84. The maximum atomic E-state index is 12.3. The molecule has 0 aliphatic heterocycles. The van der Waals surface area contributed by atoms with Crippen LogP contribution in [0.1, 0.15) is 23.7 Å². The number of hydrogen-bond donors (Lipinski definition) is 1. The van der Waals surface area contributed by atoms with Crippen molar-refractivity contribution >= 4 is 5.78 Å². The summed E-state index contributed by atoms with van der Waals surface area (Å²) in [5.74, 6) is -0.230. The third-order valence-corrected chi connectivity index (χ3v) is 5.34. The van der Waals surface area contributed by atoms with E-state index < -0.39 is 6.10 Å². The minimum atomic E-state index is -0.943. The third-order valence-electron chi connectivity index (χ3n) is 5.34. The zero-order valence-corrected chi connectivity index (χ0v) is 17.0. The Balaban J connectivity index is 1.78. The average Bonchev–Trinajstić information content (AvgIpc) is 2.84. The molecular formula is C28H24O2. The predicted octanol–water partition coefficient (Wildman–Crippen LogP) is 6.64. The molecule has 0 amide bonds. The second-order valence-corrected chi connectivity index (χ2v) is 7.40. The number of benzene rings is 4. The summed E-state index contributed by atoms with van der Waals surface area (Å²) in [7, 11) is 0. The summed E-state index contributed by atoms with van der Waals surface area (Å²) >= 11 is 0. The number of hydrogen-bond acceptors (Lipinski definition) is 2. The van der Waals surface area contributed by atoms with Gasteiger partial charge in [0.2, 0.25) is 0 Å². The first-order chi connectivity index (χ1) is 14.7. The molecule has 0 saturated carbocycles. The van der Waals surface area contributed by atoms with Gasteiger partial charge in [-0.3, -0.25) is 4.79 Å². The van der Waals surface area contributed by atoms with E-state index in [0.29, 0.717) is 12.0 Å². The van der Waals surface area contributed by atoms with Crippen LogP contribution >= 0.6 is 0 Å². The molecule has 0 saturated heterocycles. The Labute approximate surface area is 177 Å². The lowest BCUT2D eigenvalue weighted by Gasteiger charge is -2.12. The SMILES string of the molecule is CCC(O)C(=O)c1ccc(-c2cc(-c3ccccc3)cc(-c3ccccc3)c2)cc1. The predicted molar refractivity (Wildman–Crippen MR) is 123 cm³/mol. The van der Waals surface area contributed by atoms with Gasteiger partial charge in [0.15, 0.2) is 5.78 Å². The van der Waals surface area contributed by atoms with Gasteiger partial charge >= 0.3 is 0 Å². The van der Waals surface area contributed by atoms with Crippen molar-refractivity contribution in [1.29, 1.82) is 0 Å². The van der Waals surface area contributed by atoms with Gasteiger partial charge in [-0.05, 0) is 58.0 Å². The summed E-state index contributed by atoms with van der Waals surface area (Å²) in [4.78, 5) is 12.3. The number of Topliss-reactive ketones (excluding diaryl/α,β-unsaturated/α-hetero) is 1. The molecule has 0 aliphatic carbocycles. The Bertz CT molecular complexity index is 1070. The van der Waals surface area contributed by atoms with Gasteiger partial charge in [0, 0.05) is 5.56 Å². The summed E-state index contributed by atoms with van der Waals surface area (Å²) < 4.78 is 0. The number of ketones is 1. The summed E-state index contributed by atoms with van der Waals surface area (Å²) in [6, 6.07) is 34.7. The van der Waals surface area contributed by atoms with Crippen molar-refractivity contribution in [3.63, 3.8) is 0 Å². The van der Waals surface area contributed by atoms with Crippen LogP contribution in [0.25, 0.3) is 33.4 Å². The fraction of sp³-hybridized carbons (Fsp3) is 0.107. The highest BCUT2D eigenvalue weighted by molar-refractivity contribution is 5.99. The highest BCUT2D eigenvalue weighted by atomic mass is 16.3. The van der Waals surface area contributed by atoms with E-state index in [4.69, 9.17) is 0 Å². The fourth-order valence-corrected chi connectivity index (χ4v) is 3.59. The number of rotatable bonds is 6. The monoisotopic (exact) mass is 392 g/mol. The molecule has 0 spiro atoms. The van der Waals surface area contributed by atoms with E-state index >= 15 is 0 Å². The Morgan fingerprint density at radius 1 is 0.633 bits per heavy atom. The molecular weight excluding hydrogens is 368 g/mol. The second kappa shape index (κ2) is 8.89. The van der Waals surface area contributed by atoms with Gasteiger partial charge in [0.1, 0.15) is 6.10 Å². The third kappa shape index (κ3) is 4.24. The lowest BCUT2D eigenvalue weighted by molar-refractivity contribution is 0.0741. The molecule has 0 bridgehead atoms. The Kier molecular flexibility index (Phi) is 5.87. The van der Waals surface area contributed by atoms with Gasteiger partial charge in [0.25, 0.3) is 0 Å². The molecule has 2 heteroatoms. The van der Waals surface area contributed by atoms with Gasteiger partial charge in [-0.25, -0.2) is 0 Å². The van der Waals surface area contributed by atoms with E-state index in [9.17, 15) is 9.90 Å². The Morgan fingerprint density at radius 3 is 1.43 bits per heavy atom. The largest absolute Gasteiger partial charge is 0.385 e. The van der Waals surface area contributed by atoms with Crippen LogP contribution in [0.2, 0.25) is 0 Å².